The second-order valence-electron chi connectivity index (χ2n) is 9.57. The van der Waals surface area contributed by atoms with Gasteiger partial charge in [-0.2, -0.15) is 0 Å². The lowest BCUT2D eigenvalue weighted by atomic mass is 9.94. The molecule has 1 amide bonds. The molecule has 0 radical (unpaired) electrons. The van der Waals surface area contributed by atoms with Gasteiger partial charge in [-0.15, -0.1) is 0 Å². The van der Waals surface area contributed by atoms with Crippen LogP contribution in [-0.4, -0.2) is 37.3 Å². The van der Waals surface area contributed by atoms with Crippen molar-refractivity contribution in [2.45, 2.75) is 64.6 Å². The van der Waals surface area contributed by atoms with E-state index in [2.05, 4.69) is 5.32 Å². The van der Waals surface area contributed by atoms with Crippen molar-refractivity contribution in [3.8, 4) is 22.6 Å². The fourth-order valence-electron chi connectivity index (χ4n) is 5.38. The second-order valence-corrected chi connectivity index (χ2v) is 9.57. The van der Waals surface area contributed by atoms with Crippen molar-refractivity contribution in [3.63, 3.8) is 0 Å². The van der Waals surface area contributed by atoms with Crippen LogP contribution in [0.2, 0.25) is 0 Å². The molecule has 0 spiro atoms. The number of nitrogens with one attached hydrogen (secondary N) is 1. The fourth-order valence-corrected chi connectivity index (χ4v) is 5.38. The quantitative estimate of drug-likeness (QED) is 0.486. The molecule has 2 aromatic rings. The average Bonchev–Trinajstić information content (AvgIpc) is 3.55. The molecule has 0 heterocycles. The summed E-state index contributed by atoms with van der Waals surface area (Å²) in [5.41, 5.74) is 4.43. The smallest absolute Gasteiger partial charge is 0.307 e. The minimum absolute atomic E-state index is 0.232. The number of hydrogen-bond donors (Lipinski definition) is 2. The first kappa shape index (κ1) is 25.0. The van der Waals surface area contributed by atoms with Gasteiger partial charge in [-0.25, -0.2) is 0 Å². The Balaban J connectivity index is 1.64. The van der Waals surface area contributed by atoms with Crippen LogP contribution in [0.4, 0.5) is 5.69 Å². The van der Waals surface area contributed by atoms with Crippen LogP contribution in [0.25, 0.3) is 11.1 Å². The number of rotatable bonds is 9. The Hall–Kier alpha value is -3.06. The van der Waals surface area contributed by atoms with Crippen LogP contribution in [0, 0.1) is 18.8 Å². The number of benzene rings is 2. The zero-order valence-electron chi connectivity index (χ0n) is 20.8. The Kier molecular flexibility index (Phi) is 7.96. The zero-order chi connectivity index (χ0) is 24.9. The van der Waals surface area contributed by atoms with E-state index in [9.17, 15) is 14.7 Å². The third kappa shape index (κ3) is 5.61. The molecule has 0 aromatic heterocycles. The van der Waals surface area contributed by atoms with Crippen LogP contribution < -0.4 is 14.8 Å². The summed E-state index contributed by atoms with van der Waals surface area (Å²) in [6, 6.07) is 9.73. The summed E-state index contributed by atoms with van der Waals surface area (Å²) in [7, 11) is 3.28. The van der Waals surface area contributed by atoms with Crippen molar-refractivity contribution >= 4 is 17.6 Å². The summed E-state index contributed by atoms with van der Waals surface area (Å²) in [5.74, 6) is -0.779. The van der Waals surface area contributed by atoms with E-state index in [-0.39, 0.29) is 12.0 Å². The predicted octanol–water partition coefficient (Wildman–Crippen LogP) is 5.58. The Morgan fingerprint density at radius 1 is 0.943 bits per heavy atom. The Labute approximate surface area is 206 Å². The number of carboxylic acid groups (broad SMARTS) is 1. The van der Waals surface area contributed by atoms with Gasteiger partial charge in [-0.1, -0.05) is 25.3 Å². The van der Waals surface area contributed by atoms with E-state index in [0.29, 0.717) is 25.1 Å². The van der Waals surface area contributed by atoms with Gasteiger partial charge in [0.2, 0.25) is 5.91 Å². The summed E-state index contributed by atoms with van der Waals surface area (Å²) < 4.78 is 17.4. The first-order valence-corrected chi connectivity index (χ1v) is 12.4. The van der Waals surface area contributed by atoms with E-state index < -0.39 is 17.8 Å². The van der Waals surface area contributed by atoms with Crippen molar-refractivity contribution in [1.29, 1.82) is 0 Å². The van der Waals surface area contributed by atoms with Gasteiger partial charge in [0.1, 0.15) is 11.5 Å². The molecule has 7 heteroatoms. The van der Waals surface area contributed by atoms with Gasteiger partial charge in [0.05, 0.1) is 38.8 Å². The lowest BCUT2D eigenvalue weighted by Gasteiger charge is -2.19. The van der Waals surface area contributed by atoms with Crippen LogP contribution in [0.5, 0.6) is 11.5 Å². The molecule has 0 saturated heterocycles. The highest BCUT2D eigenvalue weighted by molar-refractivity contribution is 5.95. The highest BCUT2D eigenvalue weighted by Gasteiger charge is 2.37. The summed E-state index contributed by atoms with van der Waals surface area (Å²) in [4.78, 5) is 24.5. The SMILES string of the molecule is COc1cc(-c2ccc(NC(=O)[C@@H]3CCC[C@H]3C(=O)O)cc2COC2CCCC2)cc(OC)c1C. The van der Waals surface area contributed by atoms with Gasteiger partial charge in [0, 0.05) is 11.3 Å². The summed E-state index contributed by atoms with van der Waals surface area (Å²) in [6.45, 7) is 2.38. The van der Waals surface area contributed by atoms with Gasteiger partial charge in [0.25, 0.3) is 0 Å². The van der Waals surface area contributed by atoms with Crippen molar-refractivity contribution < 1.29 is 28.9 Å². The largest absolute Gasteiger partial charge is 0.496 e. The van der Waals surface area contributed by atoms with Crippen molar-refractivity contribution in [1.82, 2.24) is 0 Å². The predicted molar refractivity (Wildman–Crippen MR) is 134 cm³/mol. The maximum Gasteiger partial charge on any atom is 0.307 e. The molecule has 0 bridgehead atoms. The highest BCUT2D eigenvalue weighted by atomic mass is 16.5. The van der Waals surface area contributed by atoms with Crippen LogP contribution in [0.3, 0.4) is 0 Å². The van der Waals surface area contributed by atoms with E-state index in [0.717, 1.165) is 53.0 Å². The van der Waals surface area contributed by atoms with Crippen molar-refractivity contribution in [2.75, 3.05) is 19.5 Å². The van der Waals surface area contributed by atoms with Crippen molar-refractivity contribution in [2.24, 2.45) is 11.8 Å². The van der Waals surface area contributed by atoms with E-state index in [1.807, 2.05) is 37.3 Å². The number of carbonyl (C=O) groups is 2. The third-order valence-electron chi connectivity index (χ3n) is 7.38. The molecule has 35 heavy (non-hydrogen) atoms. The lowest BCUT2D eigenvalue weighted by molar-refractivity contribution is -0.145. The third-order valence-corrected chi connectivity index (χ3v) is 7.38. The van der Waals surface area contributed by atoms with Crippen LogP contribution in [-0.2, 0) is 20.9 Å². The molecule has 2 aromatic carbocycles. The molecule has 2 atom stereocenters. The van der Waals surface area contributed by atoms with Crippen LogP contribution in [0.15, 0.2) is 30.3 Å². The Morgan fingerprint density at radius 3 is 2.23 bits per heavy atom. The molecule has 2 saturated carbocycles. The molecule has 2 aliphatic rings. The molecule has 4 rings (SSSR count). The Morgan fingerprint density at radius 2 is 1.60 bits per heavy atom. The second kappa shape index (κ2) is 11.1. The van der Waals surface area contributed by atoms with E-state index in [1.165, 1.54) is 12.8 Å². The monoisotopic (exact) mass is 481 g/mol. The van der Waals surface area contributed by atoms with Crippen molar-refractivity contribution in [3.05, 3.63) is 41.5 Å². The topological polar surface area (TPSA) is 94.1 Å². The number of methoxy groups -OCH3 is 2. The van der Waals surface area contributed by atoms with E-state index in [1.54, 1.807) is 14.2 Å². The Bertz CT molecular complexity index is 1050. The van der Waals surface area contributed by atoms with E-state index >= 15 is 0 Å². The van der Waals surface area contributed by atoms with Gasteiger partial charge in [0.15, 0.2) is 0 Å². The van der Waals surface area contributed by atoms with E-state index in [4.69, 9.17) is 14.2 Å². The molecule has 188 valence electrons. The lowest BCUT2D eigenvalue weighted by Crippen LogP contribution is -2.30. The molecule has 2 N–H and O–H groups in total. The number of carboxylic acids is 1. The summed E-state index contributed by atoms with van der Waals surface area (Å²) in [5, 5.41) is 12.4. The minimum atomic E-state index is -0.897. The number of amides is 1. The number of ether oxygens (including phenoxy) is 3. The molecule has 0 aliphatic heterocycles. The van der Waals surface area contributed by atoms with Gasteiger partial charge in [-0.05, 0) is 73.6 Å². The first-order valence-electron chi connectivity index (χ1n) is 12.4. The molecule has 2 aliphatic carbocycles. The normalized spacial score (nSPS) is 20.1. The number of anilines is 1. The molecular formula is C28H35NO6. The maximum atomic E-state index is 12.9. The summed E-state index contributed by atoms with van der Waals surface area (Å²) in [6.07, 6.45) is 6.65. The van der Waals surface area contributed by atoms with Gasteiger partial charge in [-0.3, -0.25) is 9.59 Å². The zero-order valence-corrected chi connectivity index (χ0v) is 20.8. The molecule has 0 unspecified atom stereocenters. The fraction of sp³-hybridized carbons (Fsp3) is 0.500. The number of aliphatic carboxylic acids is 1. The molecule has 2 fully saturated rings. The summed E-state index contributed by atoms with van der Waals surface area (Å²) >= 11 is 0. The average molecular weight is 482 g/mol. The van der Waals surface area contributed by atoms with Gasteiger partial charge < -0.3 is 24.6 Å². The van der Waals surface area contributed by atoms with Crippen LogP contribution in [0.1, 0.15) is 56.1 Å². The first-order chi connectivity index (χ1) is 16.9. The number of hydrogen-bond acceptors (Lipinski definition) is 5. The van der Waals surface area contributed by atoms with Crippen LogP contribution >= 0.6 is 0 Å². The molecular weight excluding hydrogens is 446 g/mol. The highest BCUT2D eigenvalue weighted by Crippen LogP contribution is 2.38. The maximum absolute atomic E-state index is 12.9. The standard InChI is InChI=1S/C28H35NO6/c1-17-25(33-2)14-18(15-26(17)34-3)22-12-11-20(13-19(22)16-35-21-7-4-5-8-21)29-27(30)23-9-6-10-24(23)28(31)32/h11-15,21,23-24H,4-10,16H2,1-3H3,(H,29,30)(H,31,32)/t23-,24-/m1/s1. The minimum Gasteiger partial charge on any atom is -0.496 e. The number of carbonyl (C=O) groups excluding carboxylic acids is 1. The van der Waals surface area contributed by atoms with Gasteiger partial charge >= 0.3 is 5.97 Å². The molecule has 7 nitrogen and oxygen atoms in total.